The predicted octanol–water partition coefficient (Wildman–Crippen LogP) is 6.12. The second-order valence-corrected chi connectivity index (χ2v) is 16.2. The van der Waals surface area contributed by atoms with Crippen LogP contribution in [0.4, 0.5) is 4.39 Å². The zero-order valence-electron chi connectivity index (χ0n) is 33.5. The number of halogens is 1. The Morgan fingerprint density at radius 3 is 2.34 bits per heavy atom. The minimum atomic E-state index is -0.627. The molecule has 8 rings (SSSR count). The number of carbonyl (C=O) groups is 2. The molecule has 2 amide bonds. The molecule has 0 unspecified atom stereocenters. The molecule has 0 radical (unpaired) electrons. The van der Waals surface area contributed by atoms with Crippen LogP contribution in [0.25, 0.3) is 16.8 Å². The Hall–Kier alpha value is -5.21. The number of imidazole rings is 1. The van der Waals surface area contributed by atoms with E-state index in [9.17, 15) is 14.0 Å². The third-order valence-corrected chi connectivity index (χ3v) is 11.5. The Labute approximate surface area is 339 Å². The molecule has 2 saturated heterocycles. The number of rotatable bonds is 11. The molecular weight excluding hydrogens is 736 g/mol. The minimum Gasteiger partial charge on any atom is -0.438 e. The number of morpholine rings is 1. The Morgan fingerprint density at radius 1 is 0.879 bits per heavy atom. The van der Waals surface area contributed by atoms with Gasteiger partial charge < -0.3 is 29.8 Å². The van der Waals surface area contributed by atoms with Crippen LogP contribution >= 0.6 is 0 Å². The van der Waals surface area contributed by atoms with Crippen LogP contribution in [-0.4, -0.2) is 99.5 Å². The molecule has 12 nitrogen and oxygen atoms in total. The van der Waals surface area contributed by atoms with E-state index in [1.807, 2.05) is 47.7 Å². The Bertz CT molecular complexity index is 2240. The number of hydrogen-bond donors (Lipinski definition) is 3. The lowest BCUT2D eigenvalue weighted by molar-refractivity contribution is 0.0342. The predicted molar refractivity (Wildman–Crippen MR) is 220 cm³/mol. The van der Waals surface area contributed by atoms with E-state index in [1.54, 1.807) is 6.20 Å². The summed E-state index contributed by atoms with van der Waals surface area (Å²) in [5.74, 6) is -0.775. The number of amides is 2. The van der Waals surface area contributed by atoms with E-state index < -0.39 is 11.7 Å². The van der Waals surface area contributed by atoms with Crippen molar-refractivity contribution in [3.8, 4) is 22.8 Å². The van der Waals surface area contributed by atoms with E-state index in [-0.39, 0.29) is 29.4 Å². The lowest BCUT2D eigenvalue weighted by Crippen LogP contribution is -2.53. The molecule has 304 valence electrons. The summed E-state index contributed by atoms with van der Waals surface area (Å²) >= 11 is 0. The number of nitrogens with one attached hydrogen (secondary N) is 3. The molecule has 2 aromatic carbocycles. The molecule has 1 aliphatic carbocycles. The molecule has 2 aliphatic heterocycles. The van der Waals surface area contributed by atoms with Crippen molar-refractivity contribution < 1.29 is 23.5 Å². The molecular formula is C45H53FN8O4. The molecule has 2 atom stereocenters. The Morgan fingerprint density at radius 2 is 1.60 bits per heavy atom. The highest BCUT2D eigenvalue weighted by Crippen LogP contribution is 2.32. The summed E-state index contributed by atoms with van der Waals surface area (Å²) in [5, 5.41) is 9.80. The van der Waals surface area contributed by atoms with Gasteiger partial charge in [0.05, 0.1) is 19.4 Å². The summed E-state index contributed by atoms with van der Waals surface area (Å²) in [6.45, 7) is 13.3. The molecule has 1 saturated carbocycles. The van der Waals surface area contributed by atoms with Gasteiger partial charge in [0.1, 0.15) is 28.5 Å². The van der Waals surface area contributed by atoms with Crippen molar-refractivity contribution in [3.05, 3.63) is 113 Å². The second kappa shape index (κ2) is 17.7. The monoisotopic (exact) mass is 788 g/mol. The van der Waals surface area contributed by atoms with Crippen LogP contribution < -0.4 is 20.7 Å². The van der Waals surface area contributed by atoms with Gasteiger partial charge in [-0.1, -0.05) is 36.4 Å². The number of aryl methyl sites for hydroxylation is 1. The summed E-state index contributed by atoms with van der Waals surface area (Å²) in [4.78, 5) is 40.3. The number of hydrogen-bond acceptors (Lipinski definition) is 9. The van der Waals surface area contributed by atoms with Crippen LogP contribution in [-0.2, 0) is 17.8 Å². The molecule has 3 aromatic heterocycles. The number of piperazine rings is 1. The minimum absolute atomic E-state index is 0.0249. The number of aromatic nitrogens is 3. The van der Waals surface area contributed by atoms with Crippen molar-refractivity contribution in [3.63, 3.8) is 0 Å². The molecule has 0 bridgehead atoms. The summed E-state index contributed by atoms with van der Waals surface area (Å²) in [7, 11) is 0. The van der Waals surface area contributed by atoms with Gasteiger partial charge in [0.2, 0.25) is 5.88 Å². The van der Waals surface area contributed by atoms with Gasteiger partial charge in [-0.25, -0.2) is 14.4 Å². The van der Waals surface area contributed by atoms with Gasteiger partial charge in [0, 0.05) is 75.3 Å². The van der Waals surface area contributed by atoms with Crippen molar-refractivity contribution >= 4 is 17.5 Å². The number of nitrogens with zero attached hydrogens (tertiary/aromatic N) is 5. The molecule has 3 aliphatic rings. The van der Waals surface area contributed by atoms with Gasteiger partial charge in [-0.2, -0.15) is 0 Å². The molecule has 3 fully saturated rings. The third kappa shape index (κ3) is 9.56. The van der Waals surface area contributed by atoms with Crippen LogP contribution in [0, 0.1) is 12.7 Å². The van der Waals surface area contributed by atoms with Crippen LogP contribution in [0.1, 0.15) is 77.2 Å². The highest BCUT2D eigenvalue weighted by atomic mass is 19.1. The van der Waals surface area contributed by atoms with E-state index in [0.29, 0.717) is 49.2 Å². The highest BCUT2D eigenvalue weighted by molar-refractivity contribution is 5.96. The van der Waals surface area contributed by atoms with Gasteiger partial charge in [0.25, 0.3) is 11.8 Å². The summed E-state index contributed by atoms with van der Waals surface area (Å²) < 4.78 is 28.4. The molecule has 5 heterocycles. The third-order valence-electron chi connectivity index (χ3n) is 11.5. The molecule has 5 aromatic rings. The first-order valence-corrected chi connectivity index (χ1v) is 20.5. The quantitative estimate of drug-likeness (QED) is 0.145. The smallest absolute Gasteiger partial charge is 0.271 e. The first kappa shape index (κ1) is 39.6. The van der Waals surface area contributed by atoms with Crippen molar-refractivity contribution in [2.24, 2.45) is 0 Å². The van der Waals surface area contributed by atoms with Gasteiger partial charge in [-0.15, -0.1) is 0 Å². The number of ether oxygens (including phenoxy) is 2. The topological polar surface area (TPSA) is 125 Å². The number of fused-ring (bicyclic) bond motifs is 1. The van der Waals surface area contributed by atoms with E-state index in [1.165, 1.54) is 17.2 Å². The van der Waals surface area contributed by atoms with E-state index in [4.69, 9.17) is 9.47 Å². The maximum atomic E-state index is 14.6. The zero-order valence-corrected chi connectivity index (χ0v) is 33.5. The number of carbonyl (C=O) groups excluding carboxylic acids is 2. The van der Waals surface area contributed by atoms with Crippen molar-refractivity contribution in [2.75, 3.05) is 39.4 Å². The summed E-state index contributed by atoms with van der Waals surface area (Å²) in [6, 6.07) is 22.2. The van der Waals surface area contributed by atoms with Crippen molar-refractivity contribution in [2.45, 2.75) is 83.7 Å². The molecule has 0 spiro atoms. The highest BCUT2D eigenvalue weighted by Gasteiger charge is 2.27. The van der Waals surface area contributed by atoms with Crippen molar-refractivity contribution in [1.29, 1.82) is 0 Å². The van der Waals surface area contributed by atoms with Crippen LogP contribution in [0.5, 0.6) is 11.6 Å². The first-order valence-electron chi connectivity index (χ1n) is 20.5. The van der Waals surface area contributed by atoms with Gasteiger partial charge in [-0.05, 0) is 99.0 Å². The summed E-state index contributed by atoms with van der Waals surface area (Å²) in [5.41, 5.74) is 6.71. The zero-order chi connectivity index (χ0) is 40.2. The summed E-state index contributed by atoms with van der Waals surface area (Å²) in [6.07, 6.45) is 5.49. The van der Waals surface area contributed by atoms with E-state index in [2.05, 4.69) is 73.8 Å². The fourth-order valence-electron chi connectivity index (χ4n) is 8.66. The average molecular weight is 789 g/mol. The molecule has 58 heavy (non-hydrogen) atoms. The van der Waals surface area contributed by atoms with Crippen LogP contribution in [0.2, 0.25) is 0 Å². The number of pyridine rings is 2. The number of benzene rings is 2. The largest absolute Gasteiger partial charge is 0.438 e. The Kier molecular flexibility index (Phi) is 12.1. The Balaban J connectivity index is 0.933. The van der Waals surface area contributed by atoms with Gasteiger partial charge in [-0.3, -0.25) is 19.4 Å². The van der Waals surface area contributed by atoms with E-state index >= 15 is 0 Å². The second-order valence-electron chi connectivity index (χ2n) is 16.2. The van der Waals surface area contributed by atoms with Gasteiger partial charge in [0.15, 0.2) is 0 Å². The fraction of sp³-hybridized carbons (Fsp3) is 0.422. The fourth-order valence-corrected chi connectivity index (χ4v) is 8.66. The van der Waals surface area contributed by atoms with Gasteiger partial charge >= 0.3 is 0 Å². The van der Waals surface area contributed by atoms with Crippen molar-refractivity contribution in [1.82, 2.24) is 40.1 Å². The maximum absolute atomic E-state index is 14.6. The SMILES string of the molecule is Cc1cccc2nc(C(=O)NC3CCC(NC(=O)c4cc(F)cnc4Oc4cccc(-c5ccc(CN6C[C@@H](C)N[C@@H](C)C6)cc5CN5CCOCC5)c4)CC3)cn12. The first-order chi connectivity index (χ1) is 28.1. The molecule has 13 heteroatoms. The lowest BCUT2D eigenvalue weighted by atomic mass is 9.91. The van der Waals surface area contributed by atoms with Crippen LogP contribution in [0.15, 0.2) is 79.1 Å². The van der Waals surface area contributed by atoms with E-state index in [0.717, 1.165) is 81.1 Å². The standard InChI is InChI=1S/C45H53FN8O4/c1-29-24-53(25-30(2)48-29)26-32-10-15-39(34(20-32)27-52-16-18-57-19-17-52)33-7-5-8-38(21-33)58-45-40(22-35(46)23-47-45)43(55)49-36-11-13-37(14-12-36)50-44(56)41-28-54-31(3)6-4-9-42(54)51-41/h4-10,15,20-23,28-30,36-37,48H,11-14,16-19,24-27H2,1-3H3,(H,49,55)(H,50,56)/t29-,30+,36?,37?. The lowest BCUT2D eigenvalue weighted by Gasteiger charge is -2.36. The average Bonchev–Trinajstić information content (AvgIpc) is 3.66. The normalized spacial score (nSPS) is 21.8. The molecule has 3 N–H and O–H groups in total. The maximum Gasteiger partial charge on any atom is 0.271 e. The van der Waals surface area contributed by atoms with Crippen LogP contribution in [0.3, 0.4) is 0 Å².